The van der Waals surface area contributed by atoms with Crippen LogP contribution in [-0.4, -0.2) is 36.5 Å². The van der Waals surface area contributed by atoms with E-state index in [4.69, 9.17) is 0 Å². The van der Waals surface area contributed by atoms with Gasteiger partial charge in [-0.3, -0.25) is 4.79 Å². The summed E-state index contributed by atoms with van der Waals surface area (Å²) in [6, 6.07) is 0.444. The Labute approximate surface area is 99.6 Å². The van der Waals surface area contributed by atoms with Crippen molar-refractivity contribution in [3.63, 3.8) is 0 Å². The van der Waals surface area contributed by atoms with Crippen LogP contribution in [0.1, 0.15) is 52.4 Å². The molecule has 0 aromatic rings. The minimum Gasteiger partial charge on any atom is -0.341 e. The molecule has 1 saturated carbocycles. The van der Waals surface area contributed by atoms with Crippen LogP contribution in [0.2, 0.25) is 0 Å². The van der Waals surface area contributed by atoms with Crippen molar-refractivity contribution in [1.82, 2.24) is 10.2 Å². The maximum atomic E-state index is 12.1. The Balaban J connectivity index is 2.38. The third-order valence-electron chi connectivity index (χ3n) is 3.54. The van der Waals surface area contributed by atoms with Gasteiger partial charge in [0.15, 0.2) is 0 Å². The predicted octanol–water partition coefficient (Wildman–Crippen LogP) is 2.17. The van der Waals surface area contributed by atoms with Crippen LogP contribution < -0.4 is 5.32 Å². The average Bonchev–Trinajstić information content (AvgIpc) is 2.35. The molecule has 0 aromatic heterocycles. The van der Waals surface area contributed by atoms with Gasteiger partial charge in [0, 0.05) is 13.1 Å². The molecule has 0 heterocycles. The second-order valence-corrected chi connectivity index (χ2v) is 4.92. The number of amides is 1. The largest absolute Gasteiger partial charge is 0.341 e. The van der Waals surface area contributed by atoms with E-state index in [2.05, 4.69) is 12.2 Å². The van der Waals surface area contributed by atoms with E-state index in [1.54, 1.807) is 0 Å². The average molecular weight is 226 g/mol. The van der Waals surface area contributed by atoms with Gasteiger partial charge in [0.1, 0.15) is 0 Å². The molecule has 1 rings (SSSR count). The van der Waals surface area contributed by atoms with Gasteiger partial charge in [0.2, 0.25) is 5.91 Å². The van der Waals surface area contributed by atoms with E-state index < -0.39 is 0 Å². The second kappa shape index (κ2) is 6.89. The first kappa shape index (κ1) is 13.5. The van der Waals surface area contributed by atoms with E-state index in [0.29, 0.717) is 6.04 Å². The van der Waals surface area contributed by atoms with Crippen LogP contribution in [-0.2, 0) is 4.79 Å². The molecule has 0 bridgehead atoms. The van der Waals surface area contributed by atoms with Gasteiger partial charge in [0.05, 0.1) is 6.04 Å². The van der Waals surface area contributed by atoms with E-state index in [9.17, 15) is 4.79 Å². The van der Waals surface area contributed by atoms with Crippen molar-refractivity contribution >= 4 is 5.91 Å². The number of rotatable bonds is 5. The number of hydrogen-bond acceptors (Lipinski definition) is 2. The molecule has 1 N–H and O–H groups in total. The monoisotopic (exact) mass is 226 g/mol. The lowest BCUT2D eigenvalue weighted by Gasteiger charge is -2.33. The van der Waals surface area contributed by atoms with Crippen LogP contribution in [0, 0.1) is 0 Å². The molecule has 3 nitrogen and oxygen atoms in total. The molecule has 1 aliphatic rings. The van der Waals surface area contributed by atoms with Gasteiger partial charge in [0.25, 0.3) is 0 Å². The molecule has 1 atom stereocenters. The Kier molecular flexibility index (Phi) is 5.81. The molecule has 3 heteroatoms. The van der Waals surface area contributed by atoms with Gasteiger partial charge in [-0.25, -0.2) is 0 Å². The molecule has 0 saturated heterocycles. The maximum Gasteiger partial charge on any atom is 0.239 e. The lowest BCUT2D eigenvalue weighted by atomic mass is 9.94. The lowest BCUT2D eigenvalue weighted by Crippen LogP contribution is -2.48. The first-order valence-corrected chi connectivity index (χ1v) is 6.67. The van der Waals surface area contributed by atoms with Gasteiger partial charge in [-0.1, -0.05) is 26.2 Å². The first-order valence-electron chi connectivity index (χ1n) is 6.67. The molecule has 0 aromatic carbocycles. The van der Waals surface area contributed by atoms with Crippen LogP contribution >= 0.6 is 0 Å². The highest BCUT2D eigenvalue weighted by molar-refractivity contribution is 5.81. The Bertz CT molecular complexity index is 212. The highest BCUT2D eigenvalue weighted by Gasteiger charge is 2.24. The molecule has 16 heavy (non-hydrogen) atoms. The van der Waals surface area contributed by atoms with Crippen molar-refractivity contribution in [3.8, 4) is 0 Å². The number of carbonyl (C=O) groups excluding carboxylic acids is 1. The molecule has 0 radical (unpaired) electrons. The molecule has 1 aliphatic carbocycles. The molecule has 1 fully saturated rings. The van der Waals surface area contributed by atoms with Gasteiger partial charge in [-0.15, -0.1) is 0 Å². The fourth-order valence-electron chi connectivity index (χ4n) is 2.40. The molecular weight excluding hydrogens is 200 g/mol. The minimum atomic E-state index is -0.0353. The molecule has 1 unspecified atom stereocenters. The van der Waals surface area contributed by atoms with E-state index in [-0.39, 0.29) is 11.9 Å². The number of carbonyl (C=O) groups is 1. The minimum absolute atomic E-state index is 0.0353. The SMILES string of the molecule is CCCNC(C)C(=O)N(C)C1CCCCC1. The molecule has 0 spiro atoms. The van der Waals surface area contributed by atoms with Crippen molar-refractivity contribution in [2.75, 3.05) is 13.6 Å². The van der Waals surface area contributed by atoms with E-state index in [1.807, 2.05) is 18.9 Å². The van der Waals surface area contributed by atoms with Crippen molar-refractivity contribution in [2.24, 2.45) is 0 Å². The van der Waals surface area contributed by atoms with Crippen molar-refractivity contribution < 1.29 is 4.79 Å². The van der Waals surface area contributed by atoms with Crippen molar-refractivity contribution in [2.45, 2.75) is 64.5 Å². The van der Waals surface area contributed by atoms with Crippen LogP contribution in [0.4, 0.5) is 0 Å². The smallest absolute Gasteiger partial charge is 0.239 e. The summed E-state index contributed by atoms with van der Waals surface area (Å²) < 4.78 is 0. The van der Waals surface area contributed by atoms with E-state index >= 15 is 0 Å². The number of likely N-dealkylation sites (N-methyl/N-ethyl adjacent to an activating group) is 1. The third-order valence-corrected chi connectivity index (χ3v) is 3.54. The van der Waals surface area contributed by atoms with Crippen molar-refractivity contribution in [1.29, 1.82) is 0 Å². The predicted molar refractivity (Wildman–Crippen MR) is 67.4 cm³/mol. The molecule has 0 aliphatic heterocycles. The van der Waals surface area contributed by atoms with Crippen molar-refractivity contribution in [3.05, 3.63) is 0 Å². The zero-order valence-corrected chi connectivity index (χ0v) is 11.0. The summed E-state index contributed by atoms with van der Waals surface area (Å²) in [4.78, 5) is 14.1. The quantitative estimate of drug-likeness (QED) is 0.779. The van der Waals surface area contributed by atoms with Gasteiger partial charge < -0.3 is 10.2 Å². The van der Waals surface area contributed by atoms with Gasteiger partial charge in [-0.05, 0) is 32.7 Å². The zero-order valence-electron chi connectivity index (χ0n) is 11.0. The molecular formula is C13H26N2O. The normalized spacial score (nSPS) is 19.4. The molecule has 94 valence electrons. The number of nitrogens with one attached hydrogen (secondary N) is 1. The zero-order chi connectivity index (χ0) is 12.0. The highest BCUT2D eigenvalue weighted by Crippen LogP contribution is 2.21. The van der Waals surface area contributed by atoms with Crippen LogP contribution in [0.3, 0.4) is 0 Å². The van der Waals surface area contributed by atoms with Gasteiger partial charge in [-0.2, -0.15) is 0 Å². The summed E-state index contributed by atoms with van der Waals surface area (Å²) in [7, 11) is 1.96. The lowest BCUT2D eigenvalue weighted by molar-refractivity contribution is -0.134. The first-order chi connectivity index (χ1) is 7.66. The Morgan fingerprint density at radius 1 is 1.38 bits per heavy atom. The number of nitrogens with zero attached hydrogens (tertiary/aromatic N) is 1. The van der Waals surface area contributed by atoms with Crippen LogP contribution in [0.15, 0.2) is 0 Å². The highest BCUT2D eigenvalue weighted by atomic mass is 16.2. The van der Waals surface area contributed by atoms with E-state index in [1.165, 1.54) is 32.1 Å². The number of hydrogen-bond donors (Lipinski definition) is 1. The fourth-order valence-corrected chi connectivity index (χ4v) is 2.40. The van der Waals surface area contributed by atoms with Gasteiger partial charge >= 0.3 is 0 Å². The topological polar surface area (TPSA) is 32.3 Å². The molecule has 1 amide bonds. The summed E-state index contributed by atoms with van der Waals surface area (Å²) in [5.41, 5.74) is 0. The Hall–Kier alpha value is -0.570. The Morgan fingerprint density at radius 2 is 2.00 bits per heavy atom. The standard InChI is InChI=1S/C13H26N2O/c1-4-10-14-11(2)13(16)15(3)12-8-6-5-7-9-12/h11-12,14H,4-10H2,1-3H3. The van der Waals surface area contributed by atoms with Crippen LogP contribution in [0.5, 0.6) is 0 Å². The summed E-state index contributed by atoms with van der Waals surface area (Å²) in [5.74, 6) is 0.250. The fraction of sp³-hybridized carbons (Fsp3) is 0.923. The third kappa shape index (κ3) is 3.78. The van der Waals surface area contributed by atoms with E-state index in [0.717, 1.165) is 13.0 Å². The van der Waals surface area contributed by atoms with Crippen LogP contribution in [0.25, 0.3) is 0 Å². The summed E-state index contributed by atoms with van der Waals surface area (Å²) in [6.07, 6.45) is 7.33. The summed E-state index contributed by atoms with van der Waals surface area (Å²) >= 11 is 0. The Morgan fingerprint density at radius 3 is 2.56 bits per heavy atom. The summed E-state index contributed by atoms with van der Waals surface area (Å²) in [5, 5.41) is 3.26. The maximum absolute atomic E-state index is 12.1. The summed E-state index contributed by atoms with van der Waals surface area (Å²) in [6.45, 7) is 5.01. The second-order valence-electron chi connectivity index (χ2n) is 4.92.